The summed E-state index contributed by atoms with van der Waals surface area (Å²) in [6.45, 7) is 7.58. The van der Waals surface area contributed by atoms with E-state index in [4.69, 9.17) is 4.98 Å². The third kappa shape index (κ3) is 3.16. The Kier molecular flexibility index (Phi) is 4.50. The lowest BCUT2D eigenvalue weighted by Gasteiger charge is -2.36. The van der Waals surface area contributed by atoms with Gasteiger partial charge in [-0.3, -0.25) is 0 Å². The molecule has 1 aliphatic heterocycles. The van der Waals surface area contributed by atoms with Crippen molar-refractivity contribution >= 4 is 39.0 Å². The smallest absolute Gasteiger partial charge is 0.254 e. The number of fused-ring (bicyclic) bond motifs is 2. The van der Waals surface area contributed by atoms with Gasteiger partial charge >= 0.3 is 0 Å². The van der Waals surface area contributed by atoms with Gasteiger partial charge in [0.25, 0.3) is 5.78 Å². The van der Waals surface area contributed by atoms with Gasteiger partial charge in [-0.25, -0.2) is 15.0 Å². The van der Waals surface area contributed by atoms with Gasteiger partial charge in [-0.1, -0.05) is 29.8 Å². The van der Waals surface area contributed by atoms with Crippen LogP contribution in [0.3, 0.4) is 0 Å². The number of benzene rings is 1. The minimum Gasteiger partial charge on any atom is -0.353 e. The maximum Gasteiger partial charge on any atom is 0.254 e. The summed E-state index contributed by atoms with van der Waals surface area (Å²) >= 11 is 1.68. The van der Waals surface area contributed by atoms with E-state index < -0.39 is 0 Å². The fraction of sp³-hybridized carbons (Fsp3) is 0.261. The number of nitrogens with zero attached hydrogens (tertiary/aromatic N) is 8. The van der Waals surface area contributed by atoms with Gasteiger partial charge in [-0.05, 0) is 19.4 Å². The molecule has 5 heterocycles. The third-order valence-electron chi connectivity index (χ3n) is 5.98. The second-order valence-corrected chi connectivity index (χ2v) is 8.95. The van der Waals surface area contributed by atoms with Gasteiger partial charge in [0.05, 0.1) is 5.39 Å². The molecule has 9 heteroatoms. The van der Waals surface area contributed by atoms with Crippen LogP contribution in [-0.2, 0) is 0 Å². The second-order valence-electron chi connectivity index (χ2n) is 8.09. The Bertz CT molecular complexity index is 1410. The topological polar surface area (TPSA) is 75.3 Å². The zero-order chi connectivity index (χ0) is 21.7. The van der Waals surface area contributed by atoms with Crippen molar-refractivity contribution < 1.29 is 0 Å². The van der Waals surface area contributed by atoms with E-state index in [1.807, 2.05) is 11.4 Å². The van der Waals surface area contributed by atoms with E-state index in [2.05, 4.69) is 72.5 Å². The highest BCUT2D eigenvalue weighted by Gasteiger charge is 2.24. The molecule has 1 aliphatic rings. The van der Waals surface area contributed by atoms with Crippen LogP contribution in [0, 0.1) is 13.8 Å². The van der Waals surface area contributed by atoms with Crippen LogP contribution in [0.25, 0.3) is 27.1 Å². The number of aromatic nitrogens is 6. The lowest BCUT2D eigenvalue weighted by molar-refractivity contribution is 0.634. The molecule has 0 spiro atoms. The molecule has 8 nitrogen and oxygen atoms in total. The number of hydrogen-bond acceptors (Lipinski definition) is 8. The minimum absolute atomic E-state index is 0.640. The summed E-state index contributed by atoms with van der Waals surface area (Å²) in [4.78, 5) is 23.7. The van der Waals surface area contributed by atoms with Gasteiger partial charge < -0.3 is 9.80 Å². The van der Waals surface area contributed by atoms with Crippen LogP contribution < -0.4 is 9.80 Å². The number of anilines is 2. The first-order chi connectivity index (χ1) is 15.7. The zero-order valence-electron chi connectivity index (χ0n) is 17.9. The van der Waals surface area contributed by atoms with E-state index in [9.17, 15) is 0 Å². The Hall–Kier alpha value is -3.59. The van der Waals surface area contributed by atoms with Crippen molar-refractivity contribution in [3.8, 4) is 11.1 Å². The zero-order valence-corrected chi connectivity index (χ0v) is 18.7. The number of thiophene rings is 1. The molecular formula is C23H22N8S. The van der Waals surface area contributed by atoms with E-state index in [-0.39, 0.29) is 0 Å². The molecule has 32 heavy (non-hydrogen) atoms. The molecule has 1 aromatic carbocycles. The second kappa shape index (κ2) is 7.52. The summed E-state index contributed by atoms with van der Waals surface area (Å²) in [6.07, 6.45) is 3.24. The Morgan fingerprint density at radius 3 is 2.47 bits per heavy atom. The first-order valence-electron chi connectivity index (χ1n) is 10.6. The Morgan fingerprint density at radius 1 is 0.875 bits per heavy atom. The predicted molar refractivity (Wildman–Crippen MR) is 128 cm³/mol. The molecule has 1 fully saturated rings. The minimum atomic E-state index is 0.640. The third-order valence-corrected chi connectivity index (χ3v) is 6.86. The molecule has 0 amide bonds. The molecule has 6 rings (SSSR count). The van der Waals surface area contributed by atoms with Crippen LogP contribution in [0.15, 0.2) is 48.4 Å². The van der Waals surface area contributed by atoms with Crippen molar-refractivity contribution in [1.29, 1.82) is 0 Å². The average Bonchev–Trinajstić information content (AvgIpc) is 3.46. The number of hydrogen-bond donors (Lipinski definition) is 0. The number of aryl methyl sites for hydroxylation is 2. The molecule has 4 aromatic heterocycles. The van der Waals surface area contributed by atoms with Crippen molar-refractivity contribution in [2.75, 3.05) is 36.0 Å². The summed E-state index contributed by atoms with van der Waals surface area (Å²) in [6, 6.07) is 10.8. The Labute approximate surface area is 189 Å². The molecule has 1 saturated heterocycles. The highest BCUT2D eigenvalue weighted by atomic mass is 32.1. The molecule has 0 saturated carbocycles. The molecular weight excluding hydrogens is 420 g/mol. The van der Waals surface area contributed by atoms with Crippen LogP contribution in [0.5, 0.6) is 0 Å². The van der Waals surface area contributed by atoms with Gasteiger partial charge in [-0.2, -0.15) is 14.6 Å². The van der Waals surface area contributed by atoms with E-state index in [0.717, 1.165) is 53.7 Å². The summed E-state index contributed by atoms with van der Waals surface area (Å²) in [5.41, 5.74) is 4.62. The Morgan fingerprint density at radius 2 is 1.66 bits per heavy atom. The monoisotopic (exact) mass is 442 g/mol. The molecule has 160 valence electrons. The summed E-state index contributed by atoms with van der Waals surface area (Å²) < 4.78 is 1.82. The number of rotatable bonds is 3. The van der Waals surface area contributed by atoms with Crippen molar-refractivity contribution in [2.45, 2.75) is 13.8 Å². The highest BCUT2D eigenvalue weighted by molar-refractivity contribution is 7.17. The van der Waals surface area contributed by atoms with Crippen molar-refractivity contribution in [3.05, 3.63) is 59.6 Å². The lowest BCUT2D eigenvalue weighted by atomic mass is 10.0. The van der Waals surface area contributed by atoms with E-state index in [0.29, 0.717) is 5.78 Å². The Balaban J connectivity index is 1.32. The molecule has 0 bridgehead atoms. The first-order valence-corrected chi connectivity index (χ1v) is 11.5. The van der Waals surface area contributed by atoms with Crippen LogP contribution in [0.1, 0.15) is 11.3 Å². The molecule has 0 unspecified atom stereocenters. The van der Waals surface area contributed by atoms with Gasteiger partial charge in [-0.15, -0.1) is 11.3 Å². The molecule has 5 aromatic rings. The standard InChI is InChI=1S/C23H22N8S/c1-15-3-5-17(6-4-15)18-12-32-22-20(18)21(24-13-25-22)30-9-7-29(8-10-30)19-11-16(2)28-23-26-14-27-31(19)23/h3-6,11-14H,7-10H2,1-2H3. The lowest BCUT2D eigenvalue weighted by Crippen LogP contribution is -2.47. The largest absolute Gasteiger partial charge is 0.353 e. The van der Waals surface area contributed by atoms with Crippen LogP contribution in [-0.4, -0.2) is 55.7 Å². The summed E-state index contributed by atoms with van der Waals surface area (Å²) in [5, 5.41) is 7.71. The van der Waals surface area contributed by atoms with Gasteiger partial charge in [0, 0.05) is 48.9 Å². The molecule has 0 aliphatic carbocycles. The van der Waals surface area contributed by atoms with Gasteiger partial charge in [0.1, 0.15) is 29.1 Å². The summed E-state index contributed by atoms with van der Waals surface area (Å²) in [7, 11) is 0. The van der Waals surface area contributed by atoms with E-state index >= 15 is 0 Å². The maximum absolute atomic E-state index is 4.73. The number of piperazine rings is 1. The van der Waals surface area contributed by atoms with Crippen LogP contribution in [0.4, 0.5) is 11.6 Å². The fourth-order valence-corrected chi connectivity index (χ4v) is 5.24. The normalized spacial score (nSPS) is 14.6. The quantitative estimate of drug-likeness (QED) is 0.421. The van der Waals surface area contributed by atoms with Crippen molar-refractivity contribution in [1.82, 2.24) is 29.5 Å². The fourth-order valence-electron chi connectivity index (χ4n) is 4.33. The highest BCUT2D eigenvalue weighted by Crippen LogP contribution is 2.38. The van der Waals surface area contributed by atoms with Gasteiger partial charge in [0.15, 0.2) is 0 Å². The SMILES string of the molecule is Cc1ccc(-c2csc3ncnc(N4CCN(c5cc(C)nc6ncnn56)CC4)c23)cc1. The first kappa shape index (κ1) is 19.1. The average molecular weight is 443 g/mol. The van der Waals surface area contributed by atoms with E-state index in [1.165, 1.54) is 16.7 Å². The summed E-state index contributed by atoms with van der Waals surface area (Å²) in [5.74, 6) is 2.69. The predicted octanol–water partition coefficient (Wildman–Crippen LogP) is 3.74. The van der Waals surface area contributed by atoms with Crippen molar-refractivity contribution in [3.63, 3.8) is 0 Å². The molecule has 0 radical (unpaired) electrons. The van der Waals surface area contributed by atoms with Crippen molar-refractivity contribution in [2.24, 2.45) is 0 Å². The molecule has 0 N–H and O–H groups in total. The van der Waals surface area contributed by atoms with Crippen LogP contribution in [0.2, 0.25) is 0 Å². The van der Waals surface area contributed by atoms with Gasteiger partial charge in [0.2, 0.25) is 0 Å². The molecule has 0 atom stereocenters. The van der Waals surface area contributed by atoms with E-state index in [1.54, 1.807) is 24.0 Å². The van der Waals surface area contributed by atoms with Crippen LogP contribution >= 0.6 is 11.3 Å². The maximum atomic E-state index is 4.73.